The number of halogens is 1. The molecule has 2 aromatic heterocycles. The average Bonchev–Trinajstić information content (AvgIpc) is 2.89. The molecule has 1 saturated heterocycles. The van der Waals surface area contributed by atoms with Gasteiger partial charge in [0.2, 0.25) is 5.82 Å². The van der Waals surface area contributed by atoms with Crippen molar-refractivity contribution in [3.8, 4) is 0 Å². The van der Waals surface area contributed by atoms with E-state index in [0.717, 1.165) is 25.7 Å². The molecule has 0 radical (unpaired) electrons. The van der Waals surface area contributed by atoms with Gasteiger partial charge in [-0.3, -0.25) is 14.0 Å². The zero-order chi connectivity index (χ0) is 19.5. The summed E-state index contributed by atoms with van der Waals surface area (Å²) in [4.78, 5) is 32.1. The van der Waals surface area contributed by atoms with Crippen molar-refractivity contribution in [3.63, 3.8) is 0 Å². The van der Waals surface area contributed by atoms with Gasteiger partial charge < -0.3 is 10.2 Å². The van der Waals surface area contributed by atoms with Crippen molar-refractivity contribution >= 4 is 23.0 Å². The highest BCUT2D eigenvalue weighted by atomic mass is 19.1. The van der Waals surface area contributed by atoms with Gasteiger partial charge in [0.25, 0.3) is 11.8 Å². The van der Waals surface area contributed by atoms with E-state index >= 15 is 0 Å². The highest BCUT2D eigenvalue weighted by molar-refractivity contribution is 6.08. The molecule has 1 fully saturated rings. The normalized spacial score (nSPS) is 14.7. The van der Waals surface area contributed by atoms with Crippen LogP contribution in [0.4, 0.5) is 10.1 Å². The summed E-state index contributed by atoms with van der Waals surface area (Å²) in [6.45, 7) is 1.41. The smallest absolute Gasteiger partial charge is 0.290 e. The van der Waals surface area contributed by atoms with Gasteiger partial charge in [-0.2, -0.15) is 0 Å². The molecule has 0 aliphatic carbocycles. The maximum atomic E-state index is 13.1. The second kappa shape index (κ2) is 7.80. The zero-order valence-corrected chi connectivity index (χ0v) is 15.4. The standard InChI is InChI=1S/C21H21FN4O2/c22-15-8-10-16(11-9-15)23-20(27)18-17-7-3-6-14-26(17)19(24-18)21(28)25-12-4-1-2-5-13-25/h3,6-11,14H,1-2,4-5,12-13H2,(H,23,27). The van der Waals surface area contributed by atoms with Crippen molar-refractivity contribution in [2.24, 2.45) is 0 Å². The van der Waals surface area contributed by atoms with Crippen LogP contribution in [0.5, 0.6) is 0 Å². The Morgan fingerprint density at radius 3 is 2.39 bits per heavy atom. The van der Waals surface area contributed by atoms with Gasteiger partial charge in [0.15, 0.2) is 5.69 Å². The van der Waals surface area contributed by atoms with E-state index in [1.807, 2.05) is 4.90 Å². The van der Waals surface area contributed by atoms with E-state index in [4.69, 9.17) is 0 Å². The minimum Gasteiger partial charge on any atom is -0.336 e. The summed E-state index contributed by atoms with van der Waals surface area (Å²) in [5, 5.41) is 2.71. The Bertz CT molecular complexity index is 1000. The van der Waals surface area contributed by atoms with Crippen LogP contribution in [-0.2, 0) is 0 Å². The number of pyridine rings is 1. The third kappa shape index (κ3) is 3.60. The molecular formula is C21H21FN4O2. The van der Waals surface area contributed by atoms with Crippen molar-refractivity contribution in [3.05, 3.63) is 66.0 Å². The number of carbonyl (C=O) groups is 2. The monoisotopic (exact) mass is 380 g/mol. The highest BCUT2D eigenvalue weighted by Crippen LogP contribution is 2.19. The number of fused-ring (bicyclic) bond motifs is 1. The Morgan fingerprint density at radius 2 is 1.68 bits per heavy atom. The number of anilines is 1. The number of aromatic nitrogens is 2. The molecule has 1 aliphatic rings. The van der Waals surface area contributed by atoms with Crippen molar-refractivity contribution in [2.45, 2.75) is 25.7 Å². The molecule has 1 aromatic carbocycles. The first-order chi connectivity index (χ1) is 13.6. The van der Waals surface area contributed by atoms with Gasteiger partial charge in [-0.25, -0.2) is 9.37 Å². The predicted molar refractivity (Wildman–Crippen MR) is 104 cm³/mol. The van der Waals surface area contributed by atoms with Crippen LogP contribution in [0.25, 0.3) is 5.52 Å². The Labute approximate surface area is 162 Å². The molecule has 1 N–H and O–H groups in total. The molecule has 144 valence electrons. The fourth-order valence-electron chi connectivity index (χ4n) is 3.49. The van der Waals surface area contributed by atoms with Crippen LogP contribution in [-0.4, -0.2) is 39.2 Å². The predicted octanol–water partition coefficient (Wildman–Crippen LogP) is 3.74. The second-order valence-electron chi connectivity index (χ2n) is 6.91. The molecule has 0 bridgehead atoms. The Morgan fingerprint density at radius 1 is 0.964 bits per heavy atom. The highest BCUT2D eigenvalue weighted by Gasteiger charge is 2.25. The lowest BCUT2D eigenvalue weighted by molar-refractivity contribution is 0.0748. The molecule has 0 atom stereocenters. The van der Waals surface area contributed by atoms with E-state index in [-0.39, 0.29) is 23.2 Å². The molecule has 1 aliphatic heterocycles. The number of carbonyl (C=O) groups excluding carboxylic acids is 2. The number of likely N-dealkylation sites (tertiary alicyclic amines) is 1. The minimum atomic E-state index is -0.440. The van der Waals surface area contributed by atoms with E-state index in [2.05, 4.69) is 10.3 Å². The molecular weight excluding hydrogens is 359 g/mol. The summed E-state index contributed by atoms with van der Waals surface area (Å²) >= 11 is 0. The van der Waals surface area contributed by atoms with Crippen molar-refractivity contribution in [1.29, 1.82) is 0 Å². The Kier molecular flexibility index (Phi) is 5.06. The summed E-state index contributed by atoms with van der Waals surface area (Å²) in [7, 11) is 0. The van der Waals surface area contributed by atoms with E-state index < -0.39 is 5.91 Å². The third-order valence-electron chi connectivity index (χ3n) is 4.95. The SMILES string of the molecule is O=C(Nc1ccc(F)cc1)c1nc(C(=O)N2CCCCCC2)n2ccccc12. The van der Waals surface area contributed by atoms with Gasteiger partial charge in [-0.05, 0) is 49.2 Å². The quantitative estimate of drug-likeness (QED) is 0.753. The molecule has 0 spiro atoms. The molecule has 28 heavy (non-hydrogen) atoms. The lowest BCUT2D eigenvalue weighted by atomic mass is 10.2. The van der Waals surface area contributed by atoms with Crippen LogP contribution >= 0.6 is 0 Å². The van der Waals surface area contributed by atoms with Crippen molar-refractivity contribution < 1.29 is 14.0 Å². The molecule has 3 aromatic rings. The van der Waals surface area contributed by atoms with Gasteiger partial charge in [0, 0.05) is 25.0 Å². The van der Waals surface area contributed by atoms with E-state index in [0.29, 0.717) is 24.3 Å². The topological polar surface area (TPSA) is 66.7 Å². The number of imidazole rings is 1. The molecule has 4 rings (SSSR count). The summed E-state index contributed by atoms with van der Waals surface area (Å²) in [5.41, 5.74) is 1.19. The first-order valence-corrected chi connectivity index (χ1v) is 9.47. The number of benzene rings is 1. The summed E-state index contributed by atoms with van der Waals surface area (Å²) in [5.74, 6) is -0.744. The first-order valence-electron chi connectivity index (χ1n) is 9.47. The summed E-state index contributed by atoms with van der Waals surface area (Å²) in [6, 6.07) is 10.9. The van der Waals surface area contributed by atoms with Crippen LogP contribution in [0.1, 0.15) is 46.8 Å². The lowest BCUT2D eigenvalue weighted by Crippen LogP contribution is -2.33. The summed E-state index contributed by atoms with van der Waals surface area (Å²) < 4.78 is 14.7. The molecule has 7 heteroatoms. The van der Waals surface area contributed by atoms with Crippen LogP contribution in [0.15, 0.2) is 48.7 Å². The number of hydrogen-bond donors (Lipinski definition) is 1. The Hall–Kier alpha value is -3.22. The van der Waals surface area contributed by atoms with Crippen LogP contribution < -0.4 is 5.32 Å². The molecule has 2 amide bonds. The molecule has 0 saturated carbocycles. The molecule has 6 nitrogen and oxygen atoms in total. The van der Waals surface area contributed by atoms with E-state index in [1.165, 1.54) is 24.3 Å². The van der Waals surface area contributed by atoms with Gasteiger partial charge in [-0.1, -0.05) is 18.9 Å². The second-order valence-corrected chi connectivity index (χ2v) is 6.91. The maximum Gasteiger partial charge on any atom is 0.290 e. The lowest BCUT2D eigenvalue weighted by Gasteiger charge is -2.19. The van der Waals surface area contributed by atoms with Gasteiger partial charge in [0.05, 0.1) is 5.52 Å². The fourth-order valence-corrected chi connectivity index (χ4v) is 3.49. The van der Waals surface area contributed by atoms with Gasteiger partial charge in [-0.15, -0.1) is 0 Å². The first kappa shape index (κ1) is 18.2. The fraction of sp³-hybridized carbons (Fsp3) is 0.286. The van der Waals surface area contributed by atoms with E-state index in [1.54, 1.807) is 28.8 Å². The van der Waals surface area contributed by atoms with Crippen molar-refractivity contribution in [1.82, 2.24) is 14.3 Å². The van der Waals surface area contributed by atoms with Crippen LogP contribution in [0.3, 0.4) is 0 Å². The van der Waals surface area contributed by atoms with Crippen LogP contribution in [0, 0.1) is 5.82 Å². The maximum absolute atomic E-state index is 13.1. The van der Waals surface area contributed by atoms with Gasteiger partial charge in [0.1, 0.15) is 5.82 Å². The number of amides is 2. The number of rotatable bonds is 3. The van der Waals surface area contributed by atoms with E-state index in [9.17, 15) is 14.0 Å². The molecule has 0 unspecified atom stereocenters. The molecule has 3 heterocycles. The number of nitrogens with one attached hydrogen (secondary N) is 1. The zero-order valence-electron chi connectivity index (χ0n) is 15.4. The van der Waals surface area contributed by atoms with Crippen LogP contribution in [0.2, 0.25) is 0 Å². The number of hydrogen-bond acceptors (Lipinski definition) is 3. The van der Waals surface area contributed by atoms with Gasteiger partial charge >= 0.3 is 0 Å². The largest absolute Gasteiger partial charge is 0.336 e. The third-order valence-corrected chi connectivity index (χ3v) is 4.95. The minimum absolute atomic E-state index is 0.163. The Balaban J connectivity index is 1.66. The van der Waals surface area contributed by atoms with Crippen molar-refractivity contribution in [2.75, 3.05) is 18.4 Å². The number of nitrogens with zero attached hydrogens (tertiary/aromatic N) is 3. The average molecular weight is 380 g/mol. The summed E-state index contributed by atoms with van der Waals surface area (Å²) in [6.07, 6.45) is 5.94.